The molecule has 1 fully saturated rings. The van der Waals surface area contributed by atoms with E-state index < -0.39 is 5.41 Å². The van der Waals surface area contributed by atoms with Gasteiger partial charge in [0.1, 0.15) is 5.41 Å². The molecule has 0 aromatic heterocycles. The van der Waals surface area contributed by atoms with E-state index in [1.807, 2.05) is 0 Å². The van der Waals surface area contributed by atoms with Crippen molar-refractivity contribution < 1.29 is 9.59 Å². The van der Waals surface area contributed by atoms with Gasteiger partial charge in [0.05, 0.1) is 0 Å². The van der Waals surface area contributed by atoms with Crippen LogP contribution in [0.4, 0.5) is 0 Å². The van der Waals surface area contributed by atoms with Crippen molar-refractivity contribution in [3.63, 3.8) is 0 Å². The first kappa shape index (κ1) is 17.0. The Morgan fingerprint density at radius 1 is 1.05 bits per heavy atom. The predicted molar refractivity (Wildman–Crippen MR) is 81.3 cm³/mol. The molecule has 1 aliphatic rings. The Hall–Kier alpha value is -1.06. The molecule has 4 heteroatoms. The van der Waals surface area contributed by atoms with Crippen LogP contribution in [0.25, 0.3) is 0 Å². The van der Waals surface area contributed by atoms with Gasteiger partial charge in [-0.05, 0) is 33.1 Å². The Bertz CT molecular complexity index is 318. The van der Waals surface area contributed by atoms with Crippen LogP contribution in [-0.2, 0) is 9.59 Å². The maximum atomic E-state index is 12.3. The number of carbonyl (C=O) groups is 2. The summed E-state index contributed by atoms with van der Waals surface area (Å²) in [6.45, 7) is 6.15. The van der Waals surface area contributed by atoms with E-state index in [4.69, 9.17) is 0 Å². The summed E-state index contributed by atoms with van der Waals surface area (Å²) in [7, 11) is 0. The molecule has 0 aromatic rings. The smallest absolute Gasteiger partial charge is 0.235 e. The van der Waals surface area contributed by atoms with Crippen LogP contribution in [0.1, 0.15) is 72.1 Å². The highest BCUT2D eigenvalue weighted by Crippen LogP contribution is 2.20. The molecule has 1 aliphatic carbocycles. The molecular weight excluding hydrogens is 252 g/mol. The van der Waals surface area contributed by atoms with Crippen LogP contribution < -0.4 is 10.6 Å². The normalized spacial score (nSPS) is 17.4. The van der Waals surface area contributed by atoms with Crippen LogP contribution in [0.5, 0.6) is 0 Å². The van der Waals surface area contributed by atoms with Crippen LogP contribution >= 0.6 is 0 Å². The summed E-state index contributed by atoms with van der Waals surface area (Å²) in [5.41, 5.74) is -0.986. The van der Waals surface area contributed by atoms with E-state index in [0.717, 1.165) is 25.7 Å². The molecule has 2 amide bonds. The first-order valence-corrected chi connectivity index (χ1v) is 8.07. The monoisotopic (exact) mass is 282 g/mol. The van der Waals surface area contributed by atoms with Gasteiger partial charge in [0.2, 0.25) is 11.8 Å². The standard InChI is InChI=1S/C16H30N2O2/c1-4-5-12-17-14(19)16(2,3)15(20)18-13-10-8-6-7-9-11-13/h13H,4-12H2,1-3H3,(H,17,19)(H,18,20). The molecule has 0 aliphatic heterocycles. The van der Waals surface area contributed by atoms with E-state index in [0.29, 0.717) is 6.54 Å². The van der Waals surface area contributed by atoms with E-state index in [1.54, 1.807) is 13.8 Å². The van der Waals surface area contributed by atoms with E-state index in [9.17, 15) is 9.59 Å². The molecule has 0 atom stereocenters. The Morgan fingerprint density at radius 3 is 2.20 bits per heavy atom. The third-order valence-electron chi connectivity index (χ3n) is 4.14. The van der Waals surface area contributed by atoms with E-state index in [2.05, 4.69) is 17.6 Å². The second-order valence-electron chi connectivity index (χ2n) is 6.40. The van der Waals surface area contributed by atoms with Gasteiger partial charge in [0, 0.05) is 12.6 Å². The Balaban J connectivity index is 2.47. The lowest BCUT2D eigenvalue weighted by molar-refractivity contribution is -0.141. The van der Waals surface area contributed by atoms with Crippen LogP contribution in [0, 0.1) is 5.41 Å². The minimum Gasteiger partial charge on any atom is -0.355 e. The van der Waals surface area contributed by atoms with Crippen molar-refractivity contribution in [1.82, 2.24) is 10.6 Å². The van der Waals surface area contributed by atoms with Crippen LogP contribution in [0.2, 0.25) is 0 Å². The molecule has 1 saturated carbocycles. The van der Waals surface area contributed by atoms with Crippen molar-refractivity contribution in [1.29, 1.82) is 0 Å². The Kier molecular flexibility index (Phi) is 7.03. The summed E-state index contributed by atoms with van der Waals surface area (Å²) < 4.78 is 0. The van der Waals surface area contributed by atoms with Gasteiger partial charge in [-0.3, -0.25) is 9.59 Å². The number of hydrogen-bond donors (Lipinski definition) is 2. The van der Waals surface area contributed by atoms with Gasteiger partial charge in [0.25, 0.3) is 0 Å². The van der Waals surface area contributed by atoms with Crippen molar-refractivity contribution in [3.8, 4) is 0 Å². The number of unbranched alkanes of at least 4 members (excludes halogenated alkanes) is 1. The van der Waals surface area contributed by atoms with Gasteiger partial charge in [0.15, 0.2) is 0 Å². The summed E-state index contributed by atoms with van der Waals surface area (Å²) >= 11 is 0. The van der Waals surface area contributed by atoms with Gasteiger partial charge >= 0.3 is 0 Å². The van der Waals surface area contributed by atoms with Gasteiger partial charge in [-0.1, -0.05) is 39.0 Å². The van der Waals surface area contributed by atoms with Crippen molar-refractivity contribution in [3.05, 3.63) is 0 Å². The Labute approximate surface area is 123 Å². The lowest BCUT2D eigenvalue weighted by atomic mass is 9.90. The summed E-state index contributed by atoms with van der Waals surface area (Å²) in [6.07, 6.45) is 8.93. The number of amides is 2. The Morgan fingerprint density at radius 2 is 1.65 bits per heavy atom. The summed E-state index contributed by atoms with van der Waals surface area (Å²) in [5.74, 6) is -0.310. The topological polar surface area (TPSA) is 58.2 Å². The van der Waals surface area contributed by atoms with Crippen molar-refractivity contribution >= 4 is 11.8 Å². The van der Waals surface area contributed by atoms with Gasteiger partial charge < -0.3 is 10.6 Å². The SMILES string of the molecule is CCCCNC(=O)C(C)(C)C(=O)NC1CCCCCC1. The lowest BCUT2D eigenvalue weighted by Crippen LogP contribution is -2.50. The highest BCUT2D eigenvalue weighted by Gasteiger charge is 2.36. The quantitative estimate of drug-likeness (QED) is 0.447. The third kappa shape index (κ3) is 5.14. The third-order valence-corrected chi connectivity index (χ3v) is 4.14. The second kappa shape index (κ2) is 8.28. The molecule has 0 bridgehead atoms. The van der Waals surface area contributed by atoms with Crippen LogP contribution in [0.15, 0.2) is 0 Å². The minimum atomic E-state index is -0.986. The van der Waals surface area contributed by atoms with E-state index in [-0.39, 0.29) is 17.9 Å². The van der Waals surface area contributed by atoms with Gasteiger partial charge in [-0.25, -0.2) is 0 Å². The van der Waals surface area contributed by atoms with Crippen LogP contribution in [0.3, 0.4) is 0 Å². The zero-order valence-electron chi connectivity index (χ0n) is 13.3. The molecule has 0 heterocycles. The number of hydrogen-bond acceptors (Lipinski definition) is 2. The fourth-order valence-electron chi connectivity index (χ4n) is 2.49. The molecule has 0 saturated heterocycles. The molecular formula is C16H30N2O2. The fraction of sp³-hybridized carbons (Fsp3) is 0.875. The van der Waals surface area contributed by atoms with Crippen molar-refractivity contribution in [2.45, 2.75) is 78.2 Å². The fourth-order valence-corrected chi connectivity index (χ4v) is 2.49. The molecule has 4 nitrogen and oxygen atoms in total. The minimum absolute atomic E-state index is 0.140. The summed E-state index contributed by atoms with van der Waals surface area (Å²) in [5, 5.41) is 5.93. The molecule has 2 N–H and O–H groups in total. The molecule has 0 spiro atoms. The average molecular weight is 282 g/mol. The predicted octanol–water partition coefficient (Wildman–Crippen LogP) is 2.77. The molecule has 0 unspecified atom stereocenters. The number of nitrogens with one attached hydrogen (secondary N) is 2. The molecule has 0 radical (unpaired) electrons. The first-order chi connectivity index (χ1) is 9.48. The second-order valence-corrected chi connectivity index (χ2v) is 6.40. The molecule has 0 aromatic carbocycles. The van der Waals surface area contributed by atoms with Crippen LogP contribution in [-0.4, -0.2) is 24.4 Å². The van der Waals surface area contributed by atoms with Crippen molar-refractivity contribution in [2.24, 2.45) is 5.41 Å². The van der Waals surface area contributed by atoms with E-state index >= 15 is 0 Å². The zero-order chi connectivity index (χ0) is 15.0. The highest BCUT2D eigenvalue weighted by molar-refractivity contribution is 6.04. The number of carbonyl (C=O) groups excluding carboxylic acids is 2. The molecule has 20 heavy (non-hydrogen) atoms. The van der Waals surface area contributed by atoms with E-state index in [1.165, 1.54) is 25.7 Å². The molecule has 1 rings (SSSR count). The van der Waals surface area contributed by atoms with Gasteiger partial charge in [-0.15, -0.1) is 0 Å². The summed E-state index contributed by atoms with van der Waals surface area (Å²) in [6, 6.07) is 0.243. The van der Waals surface area contributed by atoms with Crippen molar-refractivity contribution in [2.75, 3.05) is 6.54 Å². The first-order valence-electron chi connectivity index (χ1n) is 8.07. The highest BCUT2D eigenvalue weighted by atomic mass is 16.2. The van der Waals surface area contributed by atoms with Gasteiger partial charge in [-0.2, -0.15) is 0 Å². The largest absolute Gasteiger partial charge is 0.355 e. The number of rotatable bonds is 6. The maximum Gasteiger partial charge on any atom is 0.235 e. The maximum absolute atomic E-state index is 12.3. The lowest BCUT2D eigenvalue weighted by Gasteiger charge is -2.26. The average Bonchev–Trinajstić information content (AvgIpc) is 2.67. The molecule has 116 valence electrons. The zero-order valence-corrected chi connectivity index (χ0v) is 13.3. The summed E-state index contributed by atoms with van der Waals surface area (Å²) in [4.78, 5) is 24.5.